The summed E-state index contributed by atoms with van der Waals surface area (Å²) in [7, 11) is -1.32. The van der Waals surface area contributed by atoms with Gasteiger partial charge in [0, 0.05) is 6.61 Å². The average molecular weight is 179 g/mol. The van der Waals surface area contributed by atoms with Gasteiger partial charge in [-0.2, -0.15) is 0 Å². The molecule has 1 atom stereocenters. The number of hydrogen-bond acceptors (Lipinski definition) is 3. The minimum atomic E-state index is -1.32. The van der Waals surface area contributed by atoms with Crippen LogP contribution in [0.2, 0.25) is 0 Å². The highest BCUT2D eigenvalue weighted by Crippen LogP contribution is 2.04. The highest BCUT2D eigenvalue weighted by atomic mass is 32.4. The van der Waals surface area contributed by atoms with Crippen LogP contribution in [-0.4, -0.2) is 20.7 Å². The highest BCUT2D eigenvalue weighted by molar-refractivity contribution is 8.24. The monoisotopic (exact) mass is 179 g/mol. The second-order valence-electron chi connectivity index (χ2n) is 2.11. The molecule has 0 aromatic rings. The van der Waals surface area contributed by atoms with Crippen molar-refractivity contribution in [2.45, 2.75) is 26.7 Å². The van der Waals surface area contributed by atoms with Gasteiger partial charge in [-0.1, -0.05) is 13.8 Å². The van der Waals surface area contributed by atoms with Crippen molar-refractivity contribution in [3.8, 4) is 0 Å². The third-order valence-corrected chi connectivity index (χ3v) is 4.61. The maximum absolute atomic E-state index is 5.73. The normalized spacial score (nSPS) is 13.5. The van der Waals surface area contributed by atoms with E-state index in [1.165, 1.54) is 6.42 Å². The largest absolute Gasteiger partial charge is 0.398 e. The molecule has 0 saturated heterocycles. The van der Waals surface area contributed by atoms with Crippen LogP contribution in [-0.2, 0) is 4.43 Å². The van der Waals surface area contributed by atoms with Gasteiger partial charge < -0.3 is 9.83 Å². The van der Waals surface area contributed by atoms with Crippen LogP contribution in [0.4, 0.5) is 0 Å². The molecule has 10 heavy (non-hydrogen) atoms. The number of nitrogens with two attached hydrogens (primary N) is 1. The Morgan fingerprint density at radius 1 is 1.40 bits per heavy atom. The van der Waals surface area contributed by atoms with Crippen molar-refractivity contribution in [1.82, 2.24) is 0 Å². The average Bonchev–Trinajstić information content (AvgIpc) is 1.97. The Morgan fingerprint density at radius 3 is 2.60 bits per heavy atom. The van der Waals surface area contributed by atoms with Gasteiger partial charge in [-0.05, 0) is 18.6 Å². The summed E-state index contributed by atoms with van der Waals surface area (Å²) >= 11 is 1.81. The molecule has 0 aliphatic heterocycles. The molecule has 0 radical (unpaired) electrons. The van der Waals surface area contributed by atoms with Gasteiger partial charge in [0.15, 0.2) is 0 Å². The van der Waals surface area contributed by atoms with Gasteiger partial charge in [0.2, 0.25) is 0 Å². The fraction of sp³-hybridized carbons (Fsp3) is 1.00. The van der Waals surface area contributed by atoms with E-state index in [1.807, 2.05) is 11.2 Å². The topological polar surface area (TPSA) is 35.2 Å². The lowest BCUT2D eigenvalue weighted by Gasteiger charge is -2.08. The summed E-state index contributed by atoms with van der Waals surface area (Å²) in [6.07, 6.45) is 2.27. The zero-order chi connectivity index (χ0) is 7.82. The van der Waals surface area contributed by atoms with Crippen LogP contribution >= 0.6 is 11.2 Å². The molecule has 0 aliphatic rings. The van der Waals surface area contributed by atoms with E-state index >= 15 is 0 Å². The van der Waals surface area contributed by atoms with E-state index < -0.39 is 8.35 Å². The molecule has 0 amide bonds. The third kappa shape index (κ3) is 6.60. The van der Waals surface area contributed by atoms with Crippen LogP contribution in [0.1, 0.15) is 26.7 Å². The summed E-state index contributed by atoms with van der Waals surface area (Å²) in [5.41, 5.74) is 0. The first-order valence-corrected chi connectivity index (χ1v) is 7.40. The Morgan fingerprint density at radius 2 is 2.10 bits per heavy atom. The summed E-state index contributed by atoms with van der Waals surface area (Å²) in [5, 5.41) is 5.73. The fourth-order valence-corrected chi connectivity index (χ4v) is 3.53. The van der Waals surface area contributed by atoms with E-state index in [-0.39, 0.29) is 0 Å². The smallest absolute Gasteiger partial charge is 0.315 e. The van der Waals surface area contributed by atoms with Gasteiger partial charge in [0.25, 0.3) is 0 Å². The van der Waals surface area contributed by atoms with Crippen molar-refractivity contribution in [3.05, 3.63) is 0 Å². The van der Waals surface area contributed by atoms with Gasteiger partial charge in [0.05, 0.1) is 0 Å². The maximum Gasteiger partial charge on any atom is 0.315 e. The zero-order valence-corrected chi connectivity index (χ0v) is 8.77. The Bertz CT molecular complexity index is 66.8. The highest BCUT2D eigenvalue weighted by Gasteiger charge is 2.03. The summed E-state index contributed by atoms with van der Waals surface area (Å²) in [6, 6.07) is 0. The van der Waals surface area contributed by atoms with E-state index in [1.54, 1.807) is 0 Å². The van der Waals surface area contributed by atoms with E-state index in [9.17, 15) is 0 Å². The van der Waals surface area contributed by atoms with Crippen molar-refractivity contribution in [2.75, 3.05) is 12.4 Å². The Balaban J connectivity index is 3.00. The van der Waals surface area contributed by atoms with Crippen molar-refractivity contribution >= 4 is 19.6 Å². The van der Waals surface area contributed by atoms with Crippen molar-refractivity contribution in [2.24, 2.45) is 5.40 Å². The van der Waals surface area contributed by atoms with Crippen LogP contribution in [0.25, 0.3) is 0 Å². The van der Waals surface area contributed by atoms with Crippen LogP contribution in [0.3, 0.4) is 0 Å². The van der Waals surface area contributed by atoms with Crippen LogP contribution < -0.4 is 5.40 Å². The molecule has 0 heterocycles. The molecule has 0 bridgehead atoms. The van der Waals surface area contributed by atoms with E-state index in [0.29, 0.717) is 0 Å². The fourth-order valence-electron chi connectivity index (χ4n) is 0.516. The zero-order valence-electron chi connectivity index (χ0n) is 6.80. The molecular formula is C6H17NOSSi. The molecule has 0 spiro atoms. The van der Waals surface area contributed by atoms with Gasteiger partial charge in [0.1, 0.15) is 0 Å². The Hall–Kier alpha value is 0.487. The standard InChI is InChI=1S/C6H17NOSSi/c1-3-5-8-10(7)9-6-4-2/h10H,3-7H2,1-2H3. The lowest BCUT2D eigenvalue weighted by atomic mass is 10.5. The SMILES string of the molecule is CCCO[SiH](N)SCCC. The summed E-state index contributed by atoms with van der Waals surface area (Å²) in [5.74, 6) is 1.15. The molecule has 0 aromatic carbocycles. The number of rotatable bonds is 6. The molecule has 4 heteroatoms. The first kappa shape index (κ1) is 10.5. The lowest BCUT2D eigenvalue weighted by molar-refractivity contribution is 0.331. The lowest BCUT2D eigenvalue weighted by Crippen LogP contribution is -2.26. The van der Waals surface area contributed by atoms with Crippen molar-refractivity contribution in [3.63, 3.8) is 0 Å². The van der Waals surface area contributed by atoms with Crippen molar-refractivity contribution in [1.29, 1.82) is 0 Å². The summed E-state index contributed by atoms with van der Waals surface area (Å²) in [4.78, 5) is 0. The second-order valence-corrected chi connectivity index (χ2v) is 6.32. The van der Waals surface area contributed by atoms with Gasteiger partial charge in [-0.15, -0.1) is 11.2 Å². The Kier molecular flexibility index (Phi) is 7.96. The first-order valence-electron chi connectivity index (χ1n) is 3.80. The van der Waals surface area contributed by atoms with Gasteiger partial charge >= 0.3 is 8.35 Å². The minimum absolute atomic E-state index is 0.837. The summed E-state index contributed by atoms with van der Waals surface area (Å²) < 4.78 is 5.37. The van der Waals surface area contributed by atoms with Crippen LogP contribution in [0.15, 0.2) is 0 Å². The molecule has 62 valence electrons. The molecule has 2 N–H and O–H groups in total. The molecule has 0 rings (SSSR count). The maximum atomic E-state index is 5.73. The van der Waals surface area contributed by atoms with E-state index in [2.05, 4.69) is 13.8 Å². The third-order valence-electron chi connectivity index (χ3n) is 0.972. The van der Waals surface area contributed by atoms with E-state index in [4.69, 9.17) is 9.83 Å². The molecule has 0 fully saturated rings. The minimum Gasteiger partial charge on any atom is -0.398 e. The second kappa shape index (κ2) is 7.59. The molecule has 1 unspecified atom stereocenters. The van der Waals surface area contributed by atoms with Crippen LogP contribution in [0, 0.1) is 0 Å². The molecular weight excluding hydrogens is 162 g/mol. The quantitative estimate of drug-likeness (QED) is 0.623. The molecule has 2 nitrogen and oxygen atoms in total. The predicted molar refractivity (Wildman–Crippen MR) is 50.3 cm³/mol. The molecule has 0 saturated carbocycles. The van der Waals surface area contributed by atoms with Crippen molar-refractivity contribution < 1.29 is 4.43 Å². The summed E-state index contributed by atoms with van der Waals surface area (Å²) in [6.45, 7) is 5.10. The van der Waals surface area contributed by atoms with Crippen LogP contribution in [0.5, 0.6) is 0 Å². The first-order chi connectivity index (χ1) is 4.81. The predicted octanol–water partition coefficient (Wildman–Crippen LogP) is 1.23. The number of hydrogen-bond donors (Lipinski definition) is 1. The molecule has 0 aliphatic carbocycles. The molecule has 0 aromatic heterocycles. The van der Waals surface area contributed by atoms with E-state index in [0.717, 1.165) is 18.8 Å². The Labute approximate surface area is 69.0 Å². The van der Waals surface area contributed by atoms with Gasteiger partial charge in [-0.25, -0.2) is 0 Å². The van der Waals surface area contributed by atoms with Gasteiger partial charge in [-0.3, -0.25) is 0 Å².